The number of ether oxygens (including phenoxy) is 1. The van der Waals surface area contributed by atoms with Crippen LogP contribution in [-0.2, 0) is 6.54 Å². The molecule has 0 aliphatic heterocycles. The van der Waals surface area contributed by atoms with Crippen molar-refractivity contribution in [2.75, 3.05) is 6.54 Å². The highest BCUT2D eigenvalue weighted by Crippen LogP contribution is 2.29. The van der Waals surface area contributed by atoms with E-state index in [0.29, 0.717) is 16.1 Å². The van der Waals surface area contributed by atoms with Crippen LogP contribution in [0.2, 0.25) is 0 Å². The molecule has 0 aliphatic carbocycles. The van der Waals surface area contributed by atoms with Crippen LogP contribution in [0.3, 0.4) is 0 Å². The van der Waals surface area contributed by atoms with E-state index < -0.39 is 0 Å². The van der Waals surface area contributed by atoms with Crippen LogP contribution in [0, 0.1) is 12.7 Å². The van der Waals surface area contributed by atoms with Crippen LogP contribution >= 0.6 is 15.9 Å². The van der Waals surface area contributed by atoms with Gasteiger partial charge in [-0.15, -0.1) is 0 Å². The van der Waals surface area contributed by atoms with Crippen molar-refractivity contribution in [3.63, 3.8) is 0 Å². The summed E-state index contributed by atoms with van der Waals surface area (Å²) in [5, 5.41) is 3.25. The minimum absolute atomic E-state index is 0.344. The summed E-state index contributed by atoms with van der Waals surface area (Å²) in [4.78, 5) is 4.39. The predicted octanol–water partition coefficient (Wildman–Crippen LogP) is 4.19. The van der Waals surface area contributed by atoms with E-state index in [1.165, 1.54) is 12.1 Å². The molecule has 0 saturated heterocycles. The molecule has 106 valence electrons. The van der Waals surface area contributed by atoms with Gasteiger partial charge in [-0.05, 0) is 47.1 Å². The minimum atomic E-state index is -0.344. The Kier molecular flexibility index (Phi) is 5.09. The molecular weight excluding hydrogens is 323 g/mol. The quantitative estimate of drug-likeness (QED) is 0.887. The Hall–Kier alpha value is -1.46. The lowest BCUT2D eigenvalue weighted by atomic mass is 10.2. The van der Waals surface area contributed by atoms with Crippen LogP contribution in [0.4, 0.5) is 4.39 Å². The molecule has 0 atom stereocenters. The van der Waals surface area contributed by atoms with Crippen molar-refractivity contribution in [1.29, 1.82) is 0 Å². The van der Waals surface area contributed by atoms with E-state index in [2.05, 4.69) is 33.2 Å². The van der Waals surface area contributed by atoms with Crippen molar-refractivity contribution in [2.24, 2.45) is 0 Å². The SMILES string of the molecule is CCNCc1ccc(Oc2cc(F)ccc2Br)nc1C. The maximum Gasteiger partial charge on any atom is 0.219 e. The monoisotopic (exact) mass is 338 g/mol. The zero-order valence-corrected chi connectivity index (χ0v) is 13.0. The fourth-order valence-electron chi connectivity index (χ4n) is 1.74. The number of rotatable bonds is 5. The molecule has 0 fully saturated rings. The lowest BCUT2D eigenvalue weighted by Crippen LogP contribution is -2.13. The van der Waals surface area contributed by atoms with Crippen LogP contribution in [0.15, 0.2) is 34.8 Å². The number of pyridine rings is 1. The van der Waals surface area contributed by atoms with Crippen molar-refractivity contribution < 1.29 is 9.13 Å². The van der Waals surface area contributed by atoms with Crippen LogP contribution in [0.1, 0.15) is 18.2 Å². The Balaban J connectivity index is 2.17. The number of halogens is 2. The summed E-state index contributed by atoms with van der Waals surface area (Å²) in [5.74, 6) is 0.522. The number of hydrogen-bond acceptors (Lipinski definition) is 3. The normalized spacial score (nSPS) is 10.6. The standard InChI is InChI=1S/C15H16BrFN2O/c1-3-18-9-11-4-7-15(19-10(11)2)20-14-8-12(17)5-6-13(14)16/h4-8,18H,3,9H2,1-2H3. The maximum absolute atomic E-state index is 13.2. The molecule has 2 rings (SSSR count). The van der Waals surface area contributed by atoms with Gasteiger partial charge < -0.3 is 10.1 Å². The Morgan fingerprint density at radius 2 is 2.10 bits per heavy atom. The van der Waals surface area contributed by atoms with Crippen LogP contribution in [0.25, 0.3) is 0 Å². The summed E-state index contributed by atoms with van der Waals surface area (Å²) in [6.07, 6.45) is 0. The molecule has 0 spiro atoms. The Morgan fingerprint density at radius 3 is 2.80 bits per heavy atom. The first-order valence-electron chi connectivity index (χ1n) is 6.40. The van der Waals surface area contributed by atoms with Gasteiger partial charge in [0.1, 0.15) is 11.6 Å². The fourth-order valence-corrected chi connectivity index (χ4v) is 2.07. The number of aryl methyl sites for hydroxylation is 1. The van der Waals surface area contributed by atoms with Gasteiger partial charge in [0.15, 0.2) is 0 Å². The highest BCUT2D eigenvalue weighted by atomic mass is 79.9. The molecule has 0 saturated carbocycles. The zero-order chi connectivity index (χ0) is 14.5. The van der Waals surface area contributed by atoms with Crippen LogP contribution in [0.5, 0.6) is 11.6 Å². The molecule has 0 radical (unpaired) electrons. The van der Waals surface area contributed by atoms with E-state index in [1.807, 2.05) is 13.0 Å². The van der Waals surface area contributed by atoms with Gasteiger partial charge >= 0.3 is 0 Å². The van der Waals surface area contributed by atoms with E-state index in [0.717, 1.165) is 24.3 Å². The average molecular weight is 339 g/mol. The molecular formula is C15H16BrFN2O. The van der Waals surface area contributed by atoms with Crippen molar-refractivity contribution in [3.8, 4) is 11.6 Å². The van der Waals surface area contributed by atoms with Crippen LogP contribution in [-0.4, -0.2) is 11.5 Å². The third-order valence-corrected chi connectivity index (χ3v) is 3.50. The van der Waals surface area contributed by atoms with Crippen molar-refractivity contribution in [3.05, 3.63) is 51.9 Å². The molecule has 1 heterocycles. The number of aromatic nitrogens is 1. The topological polar surface area (TPSA) is 34.1 Å². The van der Waals surface area contributed by atoms with Gasteiger partial charge in [-0.2, -0.15) is 0 Å². The van der Waals surface area contributed by atoms with Gasteiger partial charge in [-0.1, -0.05) is 13.0 Å². The van der Waals surface area contributed by atoms with E-state index in [9.17, 15) is 4.39 Å². The summed E-state index contributed by atoms with van der Waals surface area (Å²) >= 11 is 3.33. The lowest BCUT2D eigenvalue weighted by Gasteiger charge is -2.10. The van der Waals surface area contributed by atoms with E-state index in [-0.39, 0.29) is 5.82 Å². The molecule has 0 unspecified atom stereocenters. The van der Waals surface area contributed by atoms with E-state index in [4.69, 9.17) is 4.74 Å². The minimum Gasteiger partial charge on any atom is -0.438 e. The Morgan fingerprint density at radius 1 is 1.30 bits per heavy atom. The molecule has 20 heavy (non-hydrogen) atoms. The molecule has 1 aromatic carbocycles. The first kappa shape index (κ1) is 14.9. The summed E-state index contributed by atoms with van der Waals surface area (Å²) < 4.78 is 19.5. The third-order valence-electron chi connectivity index (χ3n) is 2.84. The van der Waals surface area contributed by atoms with Gasteiger partial charge in [0.2, 0.25) is 5.88 Å². The number of benzene rings is 1. The van der Waals surface area contributed by atoms with Crippen molar-refractivity contribution in [1.82, 2.24) is 10.3 Å². The number of nitrogens with zero attached hydrogens (tertiary/aromatic N) is 1. The van der Waals surface area contributed by atoms with Crippen molar-refractivity contribution in [2.45, 2.75) is 20.4 Å². The molecule has 3 nitrogen and oxygen atoms in total. The summed E-state index contributed by atoms with van der Waals surface area (Å²) in [6.45, 7) is 5.68. The highest BCUT2D eigenvalue weighted by Gasteiger charge is 2.07. The number of nitrogens with one attached hydrogen (secondary N) is 1. The van der Waals surface area contributed by atoms with Crippen LogP contribution < -0.4 is 10.1 Å². The lowest BCUT2D eigenvalue weighted by molar-refractivity contribution is 0.453. The van der Waals surface area contributed by atoms with Gasteiger partial charge in [0.05, 0.1) is 4.47 Å². The van der Waals surface area contributed by atoms with Gasteiger partial charge in [0.25, 0.3) is 0 Å². The highest BCUT2D eigenvalue weighted by molar-refractivity contribution is 9.10. The smallest absolute Gasteiger partial charge is 0.219 e. The molecule has 0 bridgehead atoms. The molecule has 2 aromatic rings. The molecule has 5 heteroatoms. The predicted molar refractivity (Wildman–Crippen MR) is 80.5 cm³/mol. The Labute approximate surface area is 126 Å². The zero-order valence-electron chi connectivity index (χ0n) is 11.4. The fraction of sp³-hybridized carbons (Fsp3) is 0.267. The third kappa shape index (κ3) is 3.77. The molecule has 0 aliphatic rings. The maximum atomic E-state index is 13.2. The van der Waals surface area contributed by atoms with E-state index in [1.54, 1.807) is 12.1 Å². The van der Waals surface area contributed by atoms with Gasteiger partial charge in [-0.25, -0.2) is 9.37 Å². The molecule has 0 amide bonds. The summed E-state index contributed by atoms with van der Waals surface area (Å²) in [5.41, 5.74) is 2.02. The summed E-state index contributed by atoms with van der Waals surface area (Å²) in [7, 11) is 0. The molecule has 1 aromatic heterocycles. The first-order valence-corrected chi connectivity index (χ1v) is 7.19. The largest absolute Gasteiger partial charge is 0.438 e. The van der Waals surface area contributed by atoms with Crippen molar-refractivity contribution >= 4 is 15.9 Å². The number of hydrogen-bond donors (Lipinski definition) is 1. The first-order chi connectivity index (χ1) is 9.60. The second-order valence-electron chi connectivity index (χ2n) is 4.35. The Bertz CT molecular complexity index is 604. The second-order valence-corrected chi connectivity index (χ2v) is 5.21. The van der Waals surface area contributed by atoms with Gasteiger partial charge in [0, 0.05) is 24.4 Å². The average Bonchev–Trinajstić information content (AvgIpc) is 2.42. The molecule has 1 N–H and O–H groups in total. The van der Waals surface area contributed by atoms with Gasteiger partial charge in [-0.3, -0.25) is 0 Å². The van der Waals surface area contributed by atoms with E-state index >= 15 is 0 Å². The summed E-state index contributed by atoms with van der Waals surface area (Å²) in [6, 6.07) is 8.06. The second kappa shape index (κ2) is 6.81.